The first-order valence-electron chi connectivity index (χ1n) is 3.93. The fraction of sp³-hybridized carbons (Fsp3) is 0.556. The monoisotopic (exact) mass is 186 g/mol. The average Bonchev–Trinajstić information content (AvgIpc) is 2.32. The van der Waals surface area contributed by atoms with Crippen LogP contribution in [-0.4, -0.2) is 23.7 Å². The molecule has 13 heavy (non-hydrogen) atoms. The average molecular weight is 186 g/mol. The summed E-state index contributed by atoms with van der Waals surface area (Å²) < 4.78 is 4.73. The molecule has 0 aromatic carbocycles. The number of aliphatic carboxylic acids is 1. The smallest absolute Gasteiger partial charge is 0.327 e. The van der Waals surface area contributed by atoms with E-state index in [4.69, 9.17) is 9.84 Å². The first kappa shape index (κ1) is 11.7. The Morgan fingerprint density at radius 1 is 1.69 bits per heavy atom. The summed E-state index contributed by atoms with van der Waals surface area (Å²) in [5.74, 6) is -1.04. The van der Waals surface area contributed by atoms with Gasteiger partial charge in [0, 0.05) is 6.08 Å². The summed E-state index contributed by atoms with van der Waals surface area (Å²) in [6.45, 7) is 7.37. The molecule has 1 rings (SSSR count). The molecule has 0 spiro atoms. The number of carbonyl (C=O) groups is 2. The second kappa shape index (κ2) is 4.64. The maximum absolute atomic E-state index is 10.7. The van der Waals surface area contributed by atoms with Crippen LogP contribution in [0, 0.1) is 5.41 Å². The Bertz CT molecular complexity index is 218. The van der Waals surface area contributed by atoms with Crippen molar-refractivity contribution in [1.82, 2.24) is 0 Å². The molecule has 0 aromatic heterocycles. The van der Waals surface area contributed by atoms with Crippen molar-refractivity contribution in [2.75, 3.05) is 6.61 Å². The van der Waals surface area contributed by atoms with Crippen molar-refractivity contribution in [2.24, 2.45) is 5.41 Å². The highest BCUT2D eigenvalue weighted by Gasteiger charge is 2.34. The molecule has 0 atom stereocenters. The van der Waals surface area contributed by atoms with Crippen molar-refractivity contribution in [3.05, 3.63) is 12.7 Å². The maximum Gasteiger partial charge on any atom is 0.327 e. The van der Waals surface area contributed by atoms with Gasteiger partial charge in [0.1, 0.15) is 0 Å². The zero-order chi connectivity index (χ0) is 10.5. The molecule has 1 heterocycles. The Morgan fingerprint density at radius 3 is 2.23 bits per heavy atom. The van der Waals surface area contributed by atoms with Crippen molar-refractivity contribution >= 4 is 11.9 Å². The SMILES string of the molecule is C=CC(=O)O.CC1(C)CCOC1=O. The van der Waals surface area contributed by atoms with E-state index >= 15 is 0 Å². The molecule has 0 aliphatic carbocycles. The quantitative estimate of drug-likeness (QED) is 0.494. The maximum atomic E-state index is 10.7. The van der Waals surface area contributed by atoms with Crippen LogP contribution >= 0.6 is 0 Å². The fourth-order valence-corrected chi connectivity index (χ4v) is 0.696. The Labute approximate surface area is 77.2 Å². The summed E-state index contributed by atoms with van der Waals surface area (Å²) in [6.07, 6.45) is 1.70. The molecule has 1 aliphatic rings. The van der Waals surface area contributed by atoms with Gasteiger partial charge in [0.2, 0.25) is 0 Å². The predicted octanol–water partition coefficient (Wildman–Crippen LogP) is 1.22. The van der Waals surface area contributed by atoms with E-state index in [1.807, 2.05) is 13.8 Å². The first-order valence-corrected chi connectivity index (χ1v) is 3.93. The molecule has 0 amide bonds. The van der Waals surface area contributed by atoms with E-state index in [0.717, 1.165) is 12.5 Å². The number of hydrogen-bond acceptors (Lipinski definition) is 3. The van der Waals surface area contributed by atoms with Crippen molar-refractivity contribution < 1.29 is 19.4 Å². The van der Waals surface area contributed by atoms with E-state index in [9.17, 15) is 9.59 Å². The van der Waals surface area contributed by atoms with E-state index < -0.39 is 5.97 Å². The highest BCUT2D eigenvalue weighted by Crippen LogP contribution is 2.27. The molecule has 0 bridgehead atoms. The Balaban J connectivity index is 0.000000252. The molecule has 1 fully saturated rings. The number of carboxylic acids is 1. The number of hydrogen-bond donors (Lipinski definition) is 1. The molecule has 1 saturated heterocycles. The largest absolute Gasteiger partial charge is 0.478 e. The van der Waals surface area contributed by atoms with Gasteiger partial charge in [-0.25, -0.2) is 4.79 Å². The predicted molar refractivity (Wildman–Crippen MR) is 47.2 cm³/mol. The van der Waals surface area contributed by atoms with Gasteiger partial charge in [0.15, 0.2) is 0 Å². The lowest BCUT2D eigenvalue weighted by atomic mass is 9.93. The summed E-state index contributed by atoms with van der Waals surface area (Å²) in [6, 6.07) is 0. The minimum atomic E-state index is -0.981. The van der Waals surface area contributed by atoms with E-state index in [2.05, 4.69) is 6.58 Å². The van der Waals surface area contributed by atoms with Crippen LogP contribution in [0.5, 0.6) is 0 Å². The second-order valence-electron chi connectivity index (χ2n) is 3.31. The minimum absolute atomic E-state index is 0.0579. The van der Waals surface area contributed by atoms with E-state index in [0.29, 0.717) is 6.61 Å². The molecule has 0 radical (unpaired) electrons. The summed E-state index contributed by atoms with van der Waals surface area (Å²) in [4.78, 5) is 19.9. The highest BCUT2D eigenvalue weighted by atomic mass is 16.5. The number of rotatable bonds is 1. The number of carboxylic acid groups (broad SMARTS) is 1. The molecular formula is C9H14O4. The van der Waals surface area contributed by atoms with E-state index in [-0.39, 0.29) is 11.4 Å². The summed E-state index contributed by atoms with van der Waals surface area (Å²) in [7, 11) is 0. The molecule has 1 N–H and O–H groups in total. The van der Waals surface area contributed by atoms with E-state index in [1.165, 1.54) is 0 Å². The molecular weight excluding hydrogens is 172 g/mol. The number of cyclic esters (lactones) is 1. The van der Waals surface area contributed by atoms with Gasteiger partial charge < -0.3 is 9.84 Å². The lowest BCUT2D eigenvalue weighted by molar-refractivity contribution is -0.144. The number of ether oxygens (including phenoxy) is 1. The Kier molecular flexibility index (Phi) is 4.17. The number of esters is 1. The molecule has 1 aliphatic heterocycles. The zero-order valence-electron chi connectivity index (χ0n) is 7.87. The standard InChI is InChI=1S/C6H10O2.C3H4O2/c1-6(2)3-4-8-5(6)7;1-2-3(4)5/h3-4H2,1-2H3;2H,1H2,(H,4,5). The first-order chi connectivity index (χ1) is 5.90. The van der Waals surface area contributed by atoms with Crippen molar-refractivity contribution in [3.63, 3.8) is 0 Å². The van der Waals surface area contributed by atoms with Gasteiger partial charge in [-0.1, -0.05) is 6.58 Å². The normalized spacial score (nSPS) is 18.2. The van der Waals surface area contributed by atoms with Gasteiger partial charge in [-0.2, -0.15) is 0 Å². The highest BCUT2D eigenvalue weighted by molar-refractivity contribution is 5.78. The van der Waals surface area contributed by atoms with Crippen molar-refractivity contribution in [2.45, 2.75) is 20.3 Å². The molecule has 74 valence electrons. The molecule has 4 nitrogen and oxygen atoms in total. The molecule has 0 aromatic rings. The lowest BCUT2D eigenvalue weighted by Gasteiger charge is -2.08. The van der Waals surface area contributed by atoms with Crippen LogP contribution in [0.1, 0.15) is 20.3 Å². The van der Waals surface area contributed by atoms with Crippen LogP contribution < -0.4 is 0 Å². The minimum Gasteiger partial charge on any atom is -0.478 e. The van der Waals surface area contributed by atoms with Crippen molar-refractivity contribution in [1.29, 1.82) is 0 Å². The van der Waals surface area contributed by atoms with Crippen LogP contribution in [0.2, 0.25) is 0 Å². The third-order valence-corrected chi connectivity index (χ3v) is 1.69. The number of carbonyl (C=O) groups excluding carboxylic acids is 1. The van der Waals surface area contributed by atoms with Crippen molar-refractivity contribution in [3.8, 4) is 0 Å². The van der Waals surface area contributed by atoms with Crippen LogP contribution in [0.15, 0.2) is 12.7 Å². The van der Waals surface area contributed by atoms with Gasteiger partial charge in [0.25, 0.3) is 0 Å². The zero-order valence-corrected chi connectivity index (χ0v) is 7.87. The topological polar surface area (TPSA) is 63.6 Å². The summed E-state index contributed by atoms with van der Waals surface area (Å²) >= 11 is 0. The Hall–Kier alpha value is -1.32. The van der Waals surface area contributed by atoms with Gasteiger partial charge in [0.05, 0.1) is 12.0 Å². The molecule has 0 unspecified atom stereocenters. The van der Waals surface area contributed by atoms with Crippen LogP contribution in [0.25, 0.3) is 0 Å². The van der Waals surface area contributed by atoms with Gasteiger partial charge in [-0.15, -0.1) is 0 Å². The molecule has 4 heteroatoms. The third-order valence-electron chi connectivity index (χ3n) is 1.69. The Morgan fingerprint density at radius 2 is 2.15 bits per heavy atom. The van der Waals surface area contributed by atoms with Crippen LogP contribution in [0.3, 0.4) is 0 Å². The van der Waals surface area contributed by atoms with Gasteiger partial charge in [-0.3, -0.25) is 4.79 Å². The third kappa shape index (κ3) is 4.30. The van der Waals surface area contributed by atoms with Crippen LogP contribution in [-0.2, 0) is 14.3 Å². The molecule has 0 saturated carbocycles. The second-order valence-corrected chi connectivity index (χ2v) is 3.31. The van der Waals surface area contributed by atoms with Crippen LogP contribution in [0.4, 0.5) is 0 Å². The van der Waals surface area contributed by atoms with E-state index in [1.54, 1.807) is 0 Å². The van der Waals surface area contributed by atoms with Gasteiger partial charge >= 0.3 is 11.9 Å². The summed E-state index contributed by atoms with van der Waals surface area (Å²) in [5.41, 5.74) is -0.208. The lowest BCUT2D eigenvalue weighted by Crippen LogP contribution is -2.16. The van der Waals surface area contributed by atoms with Gasteiger partial charge in [-0.05, 0) is 20.3 Å². The fourth-order valence-electron chi connectivity index (χ4n) is 0.696. The summed E-state index contributed by atoms with van der Waals surface area (Å²) in [5, 5.41) is 7.60.